The number of H-pyrrole nitrogens is 1. The van der Waals surface area contributed by atoms with Crippen LogP contribution >= 0.6 is 11.6 Å². The normalized spacial score (nSPS) is 11.1. The molecular formula is C21H13ClN6O. The number of nitrogens with one attached hydrogen (secondary N) is 1. The SMILES string of the molecule is O=c1c2ncccc2nc(-c2ccc(-c3ncc[nH]3)cc2)n1-c1ccc(Cl)cn1. The number of rotatable bonds is 3. The van der Waals surface area contributed by atoms with Crippen molar-refractivity contribution in [1.29, 1.82) is 0 Å². The Labute approximate surface area is 169 Å². The highest BCUT2D eigenvalue weighted by Gasteiger charge is 2.16. The van der Waals surface area contributed by atoms with Crippen molar-refractivity contribution in [3.8, 4) is 28.6 Å². The molecule has 4 heterocycles. The lowest BCUT2D eigenvalue weighted by atomic mass is 10.1. The van der Waals surface area contributed by atoms with E-state index in [0.717, 1.165) is 17.0 Å². The highest BCUT2D eigenvalue weighted by Crippen LogP contribution is 2.24. The van der Waals surface area contributed by atoms with Gasteiger partial charge in [-0.2, -0.15) is 0 Å². The minimum Gasteiger partial charge on any atom is -0.345 e. The van der Waals surface area contributed by atoms with Gasteiger partial charge in [-0.05, 0) is 24.3 Å². The standard InChI is InChI=1S/C21H13ClN6O/c22-15-7-8-17(26-12-15)28-20(27-16-2-1-9-23-18(16)21(28)29)14-5-3-13(4-6-14)19-24-10-11-25-19/h1-12H,(H,24,25). The number of imidazole rings is 1. The highest BCUT2D eigenvalue weighted by atomic mass is 35.5. The first kappa shape index (κ1) is 17.3. The number of benzene rings is 1. The van der Waals surface area contributed by atoms with Gasteiger partial charge in [0, 0.05) is 35.9 Å². The molecule has 0 spiro atoms. The summed E-state index contributed by atoms with van der Waals surface area (Å²) < 4.78 is 1.45. The molecule has 0 radical (unpaired) electrons. The summed E-state index contributed by atoms with van der Waals surface area (Å²) in [4.78, 5) is 33.8. The number of nitrogens with zero attached hydrogens (tertiary/aromatic N) is 5. The van der Waals surface area contributed by atoms with Crippen LogP contribution in [-0.2, 0) is 0 Å². The molecule has 29 heavy (non-hydrogen) atoms. The Kier molecular flexibility index (Phi) is 4.14. The Morgan fingerprint density at radius 3 is 2.45 bits per heavy atom. The summed E-state index contributed by atoms with van der Waals surface area (Å²) in [7, 11) is 0. The minimum atomic E-state index is -0.296. The van der Waals surface area contributed by atoms with Crippen molar-refractivity contribution in [1.82, 2.24) is 29.5 Å². The Balaban J connectivity index is 1.75. The molecule has 5 aromatic rings. The fraction of sp³-hybridized carbons (Fsp3) is 0. The number of halogens is 1. The van der Waals surface area contributed by atoms with E-state index < -0.39 is 0 Å². The van der Waals surface area contributed by atoms with Crippen LogP contribution in [0.4, 0.5) is 0 Å². The Morgan fingerprint density at radius 2 is 1.72 bits per heavy atom. The van der Waals surface area contributed by atoms with Crippen LogP contribution in [0.25, 0.3) is 39.6 Å². The van der Waals surface area contributed by atoms with E-state index >= 15 is 0 Å². The summed E-state index contributed by atoms with van der Waals surface area (Å²) in [5, 5.41) is 0.484. The van der Waals surface area contributed by atoms with Crippen molar-refractivity contribution in [2.24, 2.45) is 0 Å². The molecule has 1 aromatic carbocycles. The largest absolute Gasteiger partial charge is 0.345 e. The van der Waals surface area contributed by atoms with Gasteiger partial charge in [0.25, 0.3) is 5.56 Å². The van der Waals surface area contributed by atoms with E-state index in [1.54, 1.807) is 42.9 Å². The van der Waals surface area contributed by atoms with Crippen LogP contribution in [0.2, 0.25) is 5.02 Å². The predicted molar refractivity (Wildman–Crippen MR) is 111 cm³/mol. The van der Waals surface area contributed by atoms with Crippen molar-refractivity contribution in [2.75, 3.05) is 0 Å². The number of hydrogen-bond donors (Lipinski definition) is 1. The van der Waals surface area contributed by atoms with Gasteiger partial charge in [0.05, 0.1) is 10.5 Å². The molecule has 0 fully saturated rings. The van der Waals surface area contributed by atoms with E-state index in [9.17, 15) is 4.79 Å². The second-order valence-corrected chi connectivity index (χ2v) is 6.73. The molecule has 4 aromatic heterocycles. The molecule has 1 N–H and O–H groups in total. The summed E-state index contributed by atoms with van der Waals surface area (Å²) in [5.41, 5.74) is 2.20. The topological polar surface area (TPSA) is 89.4 Å². The van der Waals surface area contributed by atoms with E-state index in [2.05, 4.69) is 19.9 Å². The van der Waals surface area contributed by atoms with Crippen molar-refractivity contribution < 1.29 is 0 Å². The molecule has 8 heteroatoms. The fourth-order valence-corrected chi connectivity index (χ4v) is 3.24. The van der Waals surface area contributed by atoms with Crippen LogP contribution in [0.1, 0.15) is 0 Å². The van der Waals surface area contributed by atoms with Gasteiger partial charge in [0.2, 0.25) is 0 Å². The summed E-state index contributed by atoms with van der Waals surface area (Å²) in [6.07, 6.45) is 6.54. The van der Waals surface area contributed by atoms with Crippen LogP contribution in [-0.4, -0.2) is 29.5 Å². The van der Waals surface area contributed by atoms with Crippen LogP contribution in [0.3, 0.4) is 0 Å². The quantitative estimate of drug-likeness (QED) is 0.496. The molecule has 5 rings (SSSR count). The zero-order valence-electron chi connectivity index (χ0n) is 15.0. The molecule has 0 aliphatic carbocycles. The molecule has 0 unspecified atom stereocenters. The zero-order chi connectivity index (χ0) is 19.8. The summed E-state index contributed by atoms with van der Waals surface area (Å²) in [6.45, 7) is 0. The summed E-state index contributed by atoms with van der Waals surface area (Å²) in [6, 6.07) is 14.5. The Hall–Kier alpha value is -3.84. The van der Waals surface area contributed by atoms with E-state index in [1.165, 1.54) is 10.8 Å². The van der Waals surface area contributed by atoms with Gasteiger partial charge in [0.15, 0.2) is 5.52 Å². The van der Waals surface area contributed by atoms with Gasteiger partial charge in [-0.25, -0.2) is 24.5 Å². The Morgan fingerprint density at radius 1 is 0.897 bits per heavy atom. The lowest BCUT2D eigenvalue weighted by Gasteiger charge is -2.13. The first-order chi connectivity index (χ1) is 14.2. The maximum Gasteiger partial charge on any atom is 0.286 e. The number of hydrogen-bond acceptors (Lipinski definition) is 5. The van der Waals surface area contributed by atoms with Crippen LogP contribution in [0.5, 0.6) is 0 Å². The molecule has 0 atom stereocenters. The average Bonchev–Trinajstić information content (AvgIpc) is 3.30. The van der Waals surface area contributed by atoms with Gasteiger partial charge < -0.3 is 4.98 Å². The highest BCUT2D eigenvalue weighted by molar-refractivity contribution is 6.30. The number of aromatic nitrogens is 6. The smallest absolute Gasteiger partial charge is 0.286 e. The average molecular weight is 401 g/mol. The minimum absolute atomic E-state index is 0.278. The van der Waals surface area contributed by atoms with E-state index in [1.807, 2.05) is 24.3 Å². The van der Waals surface area contributed by atoms with Gasteiger partial charge in [-0.15, -0.1) is 0 Å². The van der Waals surface area contributed by atoms with Gasteiger partial charge >= 0.3 is 0 Å². The third-order valence-electron chi connectivity index (χ3n) is 4.49. The van der Waals surface area contributed by atoms with E-state index in [4.69, 9.17) is 16.6 Å². The van der Waals surface area contributed by atoms with Crippen molar-refractivity contribution in [3.63, 3.8) is 0 Å². The van der Waals surface area contributed by atoms with Gasteiger partial charge in [0.1, 0.15) is 17.5 Å². The first-order valence-corrected chi connectivity index (χ1v) is 9.18. The second kappa shape index (κ2) is 6.96. The molecule has 0 saturated carbocycles. The van der Waals surface area contributed by atoms with Crippen LogP contribution in [0, 0.1) is 0 Å². The van der Waals surface area contributed by atoms with Crippen LogP contribution in [0.15, 0.2) is 78.1 Å². The number of aromatic amines is 1. The molecule has 0 amide bonds. The van der Waals surface area contributed by atoms with Gasteiger partial charge in [-0.3, -0.25) is 4.79 Å². The lowest BCUT2D eigenvalue weighted by molar-refractivity contribution is 0.926. The van der Waals surface area contributed by atoms with Gasteiger partial charge in [-0.1, -0.05) is 35.9 Å². The summed E-state index contributed by atoms with van der Waals surface area (Å²) in [5.74, 6) is 1.66. The molecular weight excluding hydrogens is 388 g/mol. The molecule has 0 aliphatic heterocycles. The zero-order valence-corrected chi connectivity index (χ0v) is 15.7. The molecule has 0 saturated heterocycles. The fourth-order valence-electron chi connectivity index (χ4n) is 3.12. The summed E-state index contributed by atoms with van der Waals surface area (Å²) >= 11 is 5.97. The lowest BCUT2D eigenvalue weighted by Crippen LogP contribution is -2.23. The third-order valence-corrected chi connectivity index (χ3v) is 4.71. The first-order valence-electron chi connectivity index (χ1n) is 8.80. The monoisotopic (exact) mass is 400 g/mol. The van der Waals surface area contributed by atoms with Crippen molar-refractivity contribution >= 4 is 22.6 Å². The van der Waals surface area contributed by atoms with Crippen molar-refractivity contribution in [3.05, 3.63) is 88.7 Å². The van der Waals surface area contributed by atoms with Crippen molar-refractivity contribution in [2.45, 2.75) is 0 Å². The maximum absolute atomic E-state index is 13.2. The molecule has 0 aliphatic rings. The molecule has 0 bridgehead atoms. The predicted octanol–water partition coefficient (Wildman–Crippen LogP) is 3.89. The number of fused-ring (bicyclic) bond motifs is 1. The number of pyridine rings is 2. The van der Waals surface area contributed by atoms with E-state index in [0.29, 0.717) is 22.2 Å². The van der Waals surface area contributed by atoms with Crippen LogP contribution < -0.4 is 5.56 Å². The second-order valence-electron chi connectivity index (χ2n) is 6.30. The van der Waals surface area contributed by atoms with E-state index in [-0.39, 0.29) is 11.1 Å². The Bertz CT molecular complexity index is 1360. The maximum atomic E-state index is 13.2. The molecule has 7 nitrogen and oxygen atoms in total. The molecule has 140 valence electrons. The third kappa shape index (κ3) is 3.07.